The molecule has 0 saturated carbocycles. The van der Waals surface area contributed by atoms with E-state index < -0.39 is 0 Å². The predicted molar refractivity (Wildman–Crippen MR) is 44.7 cm³/mol. The summed E-state index contributed by atoms with van der Waals surface area (Å²) in [6, 6.07) is 0. The fourth-order valence-electron chi connectivity index (χ4n) is 1.11. The molecule has 0 bridgehead atoms. The molecular weight excluding hydrogens is 156 g/mol. The summed E-state index contributed by atoms with van der Waals surface area (Å²) in [5, 5.41) is 0. The number of carbonyl (C=O) groups is 1. The Kier molecular flexibility index (Phi) is 3.29. The molecule has 12 heavy (non-hydrogen) atoms. The van der Waals surface area contributed by atoms with Gasteiger partial charge in [-0.05, 0) is 19.8 Å². The van der Waals surface area contributed by atoms with Gasteiger partial charge in [-0.15, -0.1) is 0 Å². The van der Waals surface area contributed by atoms with Crippen LogP contribution in [0.25, 0.3) is 0 Å². The van der Waals surface area contributed by atoms with Crippen molar-refractivity contribution in [2.75, 3.05) is 7.11 Å². The number of ether oxygens (including phenoxy) is 2. The number of epoxide rings is 1. The summed E-state index contributed by atoms with van der Waals surface area (Å²) >= 11 is 0. The van der Waals surface area contributed by atoms with Crippen LogP contribution in [-0.4, -0.2) is 25.3 Å². The van der Waals surface area contributed by atoms with Gasteiger partial charge in [-0.2, -0.15) is 0 Å². The van der Waals surface area contributed by atoms with Gasteiger partial charge in [-0.25, -0.2) is 4.79 Å². The molecule has 0 spiro atoms. The van der Waals surface area contributed by atoms with Gasteiger partial charge in [0.2, 0.25) is 0 Å². The lowest BCUT2D eigenvalue weighted by molar-refractivity contribution is -0.142. The van der Waals surface area contributed by atoms with E-state index in [9.17, 15) is 4.79 Å². The molecule has 0 radical (unpaired) electrons. The van der Waals surface area contributed by atoms with Crippen LogP contribution in [0.5, 0.6) is 0 Å². The molecule has 68 valence electrons. The SMILES string of the molecule is C/C=C\CC[C@@H]1O[C@H]1C(=O)OC. The Morgan fingerprint density at radius 3 is 3.00 bits per heavy atom. The van der Waals surface area contributed by atoms with Crippen LogP contribution in [0.15, 0.2) is 12.2 Å². The minimum Gasteiger partial charge on any atom is -0.467 e. The molecule has 1 aliphatic rings. The molecule has 2 atom stereocenters. The molecule has 1 rings (SSSR count). The molecule has 0 aliphatic carbocycles. The second-order valence-electron chi connectivity index (χ2n) is 2.76. The minimum absolute atomic E-state index is 0.0913. The van der Waals surface area contributed by atoms with Crippen LogP contribution in [0.3, 0.4) is 0 Å². The summed E-state index contributed by atoms with van der Waals surface area (Å²) in [7, 11) is 1.38. The van der Waals surface area contributed by atoms with Crippen molar-refractivity contribution in [1.29, 1.82) is 0 Å². The highest BCUT2D eigenvalue weighted by molar-refractivity contribution is 5.77. The first kappa shape index (κ1) is 9.26. The number of carbonyl (C=O) groups excluding carboxylic acids is 1. The summed E-state index contributed by atoms with van der Waals surface area (Å²) in [5.74, 6) is -0.250. The largest absolute Gasteiger partial charge is 0.467 e. The third kappa shape index (κ3) is 2.34. The maximum absolute atomic E-state index is 10.9. The number of methoxy groups -OCH3 is 1. The van der Waals surface area contributed by atoms with E-state index in [1.807, 2.05) is 13.0 Å². The molecule has 1 saturated heterocycles. The normalized spacial score (nSPS) is 27.5. The fourth-order valence-corrected chi connectivity index (χ4v) is 1.11. The number of hydrogen-bond donors (Lipinski definition) is 0. The molecule has 1 fully saturated rings. The summed E-state index contributed by atoms with van der Waals surface area (Å²) < 4.78 is 9.64. The smallest absolute Gasteiger partial charge is 0.337 e. The number of allylic oxidation sites excluding steroid dienone is 2. The quantitative estimate of drug-likeness (QED) is 0.362. The molecule has 3 heteroatoms. The van der Waals surface area contributed by atoms with Crippen LogP contribution in [-0.2, 0) is 14.3 Å². The highest BCUT2D eigenvalue weighted by Crippen LogP contribution is 2.27. The third-order valence-electron chi connectivity index (χ3n) is 1.87. The van der Waals surface area contributed by atoms with E-state index in [2.05, 4.69) is 10.8 Å². The second kappa shape index (κ2) is 4.26. The van der Waals surface area contributed by atoms with E-state index in [0.29, 0.717) is 0 Å². The van der Waals surface area contributed by atoms with Crippen molar-refractivity contribution in [3.05, 3.63) is 12.2 Å². The van der Waals surface area contributed by atoms with Crippen molar-refractivity contribution < 1.29 is 14.3 Å². The van der Waals surface area contributed by atoms with Gasteiger partial charge < -0.3 is 9.47 Å². The number of esters is 1. The molecule has 0 aromatic heterocycles. The van der Waals surface area contributed by atoms with Crippen LogP contribution >= 0.6 is 0 Å². The van der Waals surface area contributed by atoms with Gasteiger partial charge in [-0.1, -0.05) is 12.2 Å². The van der Waals surface area contributed by atoms with Crippen molar-refractivity contribution in [3.63, 3.8) is 0 Å². The van der Waals surface area contributed by atoms with Crippen LogP contribution in [0.2, 0.25) is 0 Å². The van der Waals surface area contributed by atoms with Crippen LogP contribution < -0.4 is 0 Å². The summed E-state index contributed by atoms with van der Waals surface area (Å²) in [6.45, 7) is 1.98. The Morgan fingerprint density at radius 1 is 1.67 bits per heavy atom. The molecular formula is C9H14O3. The molecule has 1 aliphatic heterocycles. The number of rotatable bonds is 4. The second-order valence-corrected chi connectivity index (χ2v) is 2.76. The topological polar surface area (TPSA) is 38.8 Å². The summed E-state index contributed by atoms with van der Waals surface area (Å²) in [6.07, 6.45) is 5.73. The van der Waals surface area contributed by atoms with E-state index in [-0.39, 0.29) is 18.2 Å². The first-order valence-corrected chi connectivity index (χ1v) is 4.14. The van der Waals surface area contributed by atoms with E-state index in [1.165, 1.54) is 7.11 Å². The first-order chi connectivity index (χ1) is 5.79. The zero-order chi connectivity index (χ0) is 8.97. The van der Waals surface area contributed by atoms with Gasteiger partial charge in [0.25, 0.3) is 0 Å². The molecule has 0 aromatic rings. The molecule has 3 nitrogen and oxygen atoms in total. The zero-order valence-corrected chi connectivity index (χ0v) is 7.45. The Morgan fingerprint density at radius 2 is 2.42 bits per heavy atom. The van der Waals surface area contributed by atoms with E-state index >= 15 is 0 Å². The van der Waals surface area contributed by atoms with Gasteiger partial charge in [0.1, 0.15) is 0 Å². The summed E-state index contributed by atoms with van der Waals surface area (Å²) in [5.41, 5.74) is 0. The summed E-state index contributed by atoms with van der Waals surface area (Å²) in [4.78, 5) is 10.9. The van der Waals surface area contributed by atoms with Crippen molar-refractivity contribution >= 4 is 5.97 Å². The average molecular weight is 170 g/mol. The van der Waals surface area contributed by atoms with Crippen LogP contribution in [0.4, 0.5) is 0 Å². The van der Waals surface area contributed by atoms with E-state index in [0.717, 1.165) is 12.8 Å². The van der Waals surface area contributed by atoms with Gasteiger partial charge in [0.05, 0.1) is 13.2 Å². The van der Waals surface area contributed by atoms with Crippen LogP contribution in [0.1, 0.15) is 19.8 Å². The molecule has 1 heterocycles. The molecule has 0 unspecified atom stereocenters. The Labute approximate surface area is 72.4 Å². The Balaban J connectivity index is 2.11. The molecule has 0 aromatic carbocycles. The Hall–Kier alpha value is -0.830. The number of hydrogen-bond acceptors (Lipinski definition) is 3. The maximum atomic E-state index is 10.9. The maximum Gasteiger partial charge on any atom is 0.337 e. The lowest BCUT2D eigenvalue weighted by Gasteiger charge is -1.91. The molecule has 0 N–H and O–H groups in total. The fraction of sp³-hybridized carbons (Fsp3) is 0.667. The van der Waals surface area contributed by atoms with Gasteiger partial charge in [0.15, 0.2) is 6.10 Å². The van der Waals surface area contributed by atoms with Gasteiger partial charge in [-0.3, -0.25) is 0 Å². The van der Waals surface area contributed by atoms with E-state index in [4.69, 9.17) is 4.74 Å². The van der Waals surface area contributed by atoms with Crippen molar-refractivity contribution in [2.24, 2.45) is 0 Å². The lowest BCUT2D eigenvalue weighted by atomic mass is 10.2. The molecule has 0 amide bonds. The first-order valence-electron chi connectivity index (χ1n) is 4.14. The van der Waals surface area contributed by atoms with E-state index in [1.54, 1.807) is 0 Å². The van der Waals surface area contributed by atoms with Crippen molar-refractivity contribution in [2.45, 2.75) is 32.0 Å². The van der Waals surface area contributed by atoms with Gasteiger partial charge in [0, 0.05) is 0 Å². The van der Waals surface area contributed by atoms with Gasteiger partial charge >= 0.3 is 5.97 Å². The highest BCUT2D eigenvalue weighted by Gasteiger charge is 2.45. The minimum atomic E-state index is -0.291. The highest BCUT2D eigenvalue weighted by atomic mass is 16.6. The standard InChI is InChI=1S/C9H14O3/c1-3-4-5-6-7-8(12-7)9(10)11-2/h3-4,7-8H,5-6H2,1-2H3/b4-3-/t7-,8+/m0/s1. The zero-order valence-electron chi connectivity index (χ0n) is 7.45. The monoisotopic (exact) mass is 170 g/mol. The van der Waals surface area contributed by atoms with Crippen LogP contribution in [0, 0.1) is 0 Å². The van der Waals surface area contributed by atoms with Crippen molar-refractivity contribution in [1.82, 2.24) is 0 Å². The lowest BCUT2D eigenvalue weighted by Crippen LogP contribution is -2.11. The predicted octanol–water partition coefficient (Wildman–Crippen LogP) is 1.28. The van der Waals surface area contributed by atoms with Crippen molar-refractivity contribution in [3.8, 4) is 0 Å². The average Bonchev–Trinajstić information content (AvgIpc) is 2.83. The third-order valence-corrected chi connectivity index (χ3v) is 1.87. The Bertz CT molecular complexity index is 186.